The van der Waals surface area contributed by atoms with Crippen LogP contribution in [0.25, 0.3) is 28.0 Å². The zero-order valence-electron chi connectivity index (χ0n) is 28.1. The van der Waals surface area contributed by atoms with E-state index in [1.165, 1.54) is 61.0 Å². The number of rotatable bonds is 7. The number of nitrogens with one attached hydrogen (secondary N) is 1. The molecule has 3 nitrogen and oxygen atoms in total. The molecule has 7 rings (SSSR count). The quantitative estimate of drug-likeness (QED) is 0.0967. The van der Waals surface area contributed by atoms with E-state index in [9.17, 15) is 0 Å². The molecule has 0 unspecified atom stereocenters. The molecule has 2 aliphatic carbocycles. The number of benzene rings is 5. The fourth-order valence-electron chi connectivity index (χ4n) is 5.82. The van der Waals surface area contributed by atoms with Crippen molar-refractivity contribution >= 4 is 33.7 Å². The summed E-state index contributed by atoms with van der Waals surface area (Å²) in [6.07, 6.45) is 17.1. The van der Waals surface area contributed by atoms with Gasteiger partial charge in [0.2, 0.25) is 0 Å². The topological polar surface area (TPSA) is 64.1 Å². The molecule has 0 fully saturated rings. The molecule has 0 saturated carbocycles. The lowest BCUT2D eigenvalue weighted by molar-refractivity contribution is 1.21. The second-order valence-electron chi connectivity index (χ2n) is 11.0. The van der Waals surface area contributed by atoms with Gasteiger partial charge in [0.15, 0.2) is 0 Å². The van der Waals surface area contributed by atoms with Gasteiger partial charge >= 0.3 is 0 Å². The summed E-state index contributed by atoms with van der Waals surface area (Å²) in [4.78, 5) is 0. The number of aryl methyl sites for hydroxylation is 1. The Morgan fingerprint density at radius 1 is 0.723 bits per heavy atom. The van der Waals surface area contributed by atoms with Crippen molar-refractivity contribution in [3.05, 3.63) is 191 Å². The maximum absolute atomic E-state index is 4.00. The third-order valence-electron chi connectivity index (χ3n) is 7.97. The molecule has 0 spiro atoms. The van der Waals surface area contributed by atoms with Crippen molar-refractivity contribution in [1.82, 2.24) is 0 Å². The number of hydrazine groups is 1. The van der Waals surface area contributed by atoms with Crippen LogP contribution < -0.4 is 17.0 Å². The number of hydrogen-bond donors (Lipinski definition) is 3. The Bertz CT molecular complexity index is 1890. The van der Waals surface area contributed by atoms with Gasteiger partial charge in [-0.3, -0.25) is 11.7 Å². The summed E-state index contributed by atoms with van der Waals surface area (Å²) in [7, 11) is 0. The van der Waals surface area contributed by atoms with Gasteiger partial charge in [-0.15, -0.1) is 0 Å². The van der Waals surface area contributed by atoms with Gasteiger partial charge in [-0.05, 0) is 95.3 Å². The summed E-state index contributed by atoms with van der Waals surface area (Å²) < 4.78 is 0. The molecule has 0 amide bonds. The lowest BCUT2D eigenvalue weighted by Crippen LogP contribution is -2.02. The van der Waals surface area contributed by atoms with Crippen LogP contribution >= 0.6 is 0 Å². The molecule has 238 valence electrons. The molecule has 2 bridgehead atoms. The van der Waals surface area contributed by atoms with Crippen molar-refractivity contribution in [1.29, 1.82) is 0 Å². The molecule has 0 radical (unpaired) electrons. The summed E-state index contributed by atoms with van der Waals surface area (Å²) in [5, 5.41) is 6.36. The van der Waals surface area contributed by atoms with Gasteiger partial charge in [0.1, 0.15) is 0 Å². The summed E-state index contributed by atoms with van der Waals surface area (Å²) >= 11 is 0. The second kappa shape index (κ2) is 18.1. The highest BCUT2D eigenvalue weighted by molar-refractivity contribution is 6.00. The van der Waals surface area contributed by atoms with Crippen LogP contribution in [-0.2, 0) is 6.42 Å². The maximum atomic E-state index is 4.00. The summed E-state index contributed by atoms with van der Waals surface area (Å²) in [5.41, 5.74) is 12.9. The molecule has 5 aromatic carbocycles. The number of allylic oxidation sites excluding steroid dienone is 8. The molecule has 47 heavy (non-hydrogen) atoms. The average molecular weight is 618 g/mol. The molecule has 3 heteroatoms. The van der Waals surface area contributed by atoms with Crippen molar-refractivity contribution in [2.45, 2.75) is 40.5 Å². The van der Waals surface area contributed by atoms with Crippen LogP contribution in [0.1, 0.15) is 60.6 Å². The molecule has 2 aliphatic rings. The molecule has 0 atom stereocenters. The Morgan fingerprint density at radius 2 is 1.40 bits per heavy atom. The Kier molecular flexibility index (Phi) is 13.3. The SMILES string of the molecule is C/C=C\C=C/C1=Cc2ccc(C3=C(Nc4ccc(Cc5ccccc5)c5ccccc45)C=CC3)c1c2.CC.Cc1ccccc1.NN. The van der Waals surface area contributed by atoms with Crippen molar-refractivity contribution in [2.24, 2.45) is 11.7 Å². The van der Waals surface area contributed by atoms with Crippen molar-refractivity contribution < 1.29 is 0 Å². The zero-order chi connectivity index (χ0) is 33.4. The Hall–Kier alpha value is -5.22. The van der Waals surface area contributed by atoms with Gasteiger partial charge in [-0.25, -0.2) is 0 Å². The largest absolute Gasteiger partial charge is 0.355 e. The first kappa shape index (κ1) is 34.6. The van der Waals surface area contributed by atoms with Crippen LogP contribution in [0.5, 0.6) is 0 Å². The number of hydrogen-bond acceptors (Lipinski definition) is 3. The average Bonchev–Trinajstić information content (AvgIpc) is 3.72. The van der Waals surface area contributed by atoms with E-state index < -0.39 is 0 Å². The van der Waals surface area contributed by atoms with Crippen LogP contribution in [0.2, 0.25) is 0 Å². The van der Waals surface area contributed by atoms with E-state index in [4.69, 9.17) is 0 Å². The van der Waals surface area contributed by atoms with Gasteiger partial charge in [0.25, 0.3) is 0 Å². The van der Waals surface area contributed by atoms with Crippen LogP contribution in [0, 0.1) is 6.92 Å². The highest BCUT2D eigenvalue weighted by Crippen LogP contribution is 2.40. The highest BCUT2D eigenvalue weighted by Gasteiger charge is 2.20. The molecule has 0 saturated heterocycles. The van der Waals surface area contributed by atoms with Crippen LogP contribution in [0.15, 0.2) is 157 Å². The van der Waals surface area contributed by atoms with Gasteiger partial charge in [-0.1, -0.05) is 153 Å². The van der Waals surface area contributed by atoms with Gasteiger partial charge in [0, 0.05) is 16.8 Å². The Balaban J connectivity index is 0.000000395. The molecular weight excluding hydrogens is 571 g/mol. The molecule has 5 N–H and O–H groups in total. The molecule has 0 aromatic heterocycles. The molecule has 5 aromatic rings. The molecular formula is C44H47N3. The summed E-state index contributed by atoms with van der Waals surface area (Å²) in [6.45, 7) is 8.13. The lowest BCUT2D eigenvalue weighted by atomic mass is 9.95. The normalized spacial score (nSPS) is 12.7. The van der Waals surface area contributed by atoms with Crippen molar-refractivity contribution in [3.8, 4) is 0 Å². The first-order valence-electron chi connectivity index (χ1n) is 16.4. The molecule has 0 aliphatic heterocycles. The van der Waals surface area contributed by atoms with E-state index in [2.05, 4.69) is 164 Å². The first-order valence-corrected chi connectivity index (χ1v) is 16.4. The fourth-order valence-corrected chi connectivity index (χ4v) is 5.82. The molecule has 0 heterocycles. The predicted molar refractivity (Wildman–Crippen MR) is 207 cm³/mol. The van der Waals surface area contributed by atoms with E-state index in [0.29, 0.717) is 0 Å². The van der Waals surface area contributed by atoms with E-state index in [-0.39, 0.29) is 0 Å². The lowest BCUT2D eigenvalue weighted by Gasteiger charge is -2.16. The number of nitrogens with two attached hydrogens (primary N) is 2. The second-order valence-corrected chi connectivity index (χ2v) is 11.0. The van der Waals surface area contributed by atoms with E-state index in [0.717, 1.165) is 18.5 Å². The van der Waals surface area contributed by atoms with Crippen molar-refractivity contribution in [3.63, 3.8) is 0 Å². The van der Waals surface area contributed by atoms with Gasteiger partial charge in [-0.2, -0.15) is 0 Å². The van der Waals surface area contributed by atoms with Crippen LogP contribution in [-0.4, -0.2) is 0 Å². The Morgan fingerprint density at radius 3 is 2.09 bits per heavy atom. The zero-order valence-corrected chi connectivity index (χ0v) is 28.1. The third-order valence-corrected chi connectivity index (χ3v) is 7.97. The standard InChI is InChI=1S/C35H29N.C7H8.C2H6.H4N2/c1-2-3-5-13-27-23-26-18-20-30(33(27)24-26)32-16-10-17-34(32)36-35-21-19-28(22-25-11-6-4-7-12-25)29-14-8-9-15-31(29)35;1-7-5-3-2-4-6-7;2*1-2/h2-15,17-21,23-24,36H,16,22H2,1H3;2-6H,1H3;1-2H3;1-2H2/b3-2-,13-5-;;;. The fraction of sp³-hybridized carbons (Fsp3) is 0.136. The van der Waals surface area contributed by atoms with Gasteiger partial charge in [0.05, 0.1) is 0 Å². The number of fused-ring (bicyclic) bond motifs is 3. The van der Waals surface area contributed by atoms with Crippen LogP contribution in [0.4, 0.5) is 5.69 Å². The third kappa shape index (κ3) is 8.95. The minimum Gasteiger partial charge on any atom is -0.355 e. The first-order chi connectivity index (χ1) is 23.2. The number of anilines is 1. The van der Waals surface area contributed by atoms with E-state index in [1.54, 1.807) is 0 Å². The minimum atomic E-state index is 0.932. The van der Waals surface area contributed by atoms with E-state index >= 15 is 0 Å². The smallest absolute Gasteiger partial charge is 0.0464 e. The van der Waals surface area contributed by atoms with Crippen molar-refractivity contribution in [2.75, 3.05) is 5.32 Å². The highest BCUT2D eigenvalue weighted by atomic mass is 15.0. The summed E-state index contributed by atoms with van der Waals surface area (Å²) in [5.74, 6) is 8.00. The predicted octanol–water partition coefficient (Wildman–Crippen LogP) is 11.0. The van der Waals surface area contributed by atoms with Gasteiger partial charge < -0.3 is 5.32 Å². The van der Waals surface area contributed by atoms with E-state index in [1.807, 2.05) is 39.0 Å². The Labute approximate surface area is 281 Å². The van der Waals surface area contributed by atoms with Crippen LogP contribution in [0.3, 0.4) is 0 Å². The monoisotopic (exact) mass is 617 g/mol. The minimum absolute atomic E-state index is 0.932. The maximum Gasteiger partial charge on any atom is 0.0464 e. The summed E-state index contributed by atoms with van der Waals surface area (Å²) in [6, 6.07) is 41.0.